The lowest BCUT2D eigenvalue weighted by molar-refractivity contribution is -0.136. The lowest BCUT2D eigenvalue weighted by atomic mass is 10.5. The van der Waals surface area contributed by atoms with Crippen LogP contribution in [0.4, 0.5) is 0 Å². The first-order chi connectivity index (χ1) is 4.68. The van der Waals surface area contributed by atoms with Crippen LogP contribution in [0.2, 0.25) is 0 Å². The molecule has 0 aliphatic rings. The van der Waals surface area contributed by atoms with E-state index in [9.17, 15) is 4.79 Å². The van der Waals surface area contributed by atoms with Crippen molar-refractivity contribution in [3.8, 4) is 0 Å². The van der Waals surface area contributed by atoms with Crippen LogP contribution in [0.25, 0.3) is 0 Å². The molecule has 0 amide bonds. The summed E-state index contributed by atoms with van der Waals surface area (Å²) in [6, 6.07) is 0. The third-order valence-corrected chi connectivity index (χ3v) is 0.487. The van der Waals surface area contributed by atoms with Crippen molar-refractivity contribution in [1.82, 2.24) is 0 Å². The molecule has 0 atom stereocenters. The van der Waals surface area contributed by atoms with Gasteiger partial charge in [-0.25, -0.2) is 0 Å². The Hall–Kier alpha value is -0.650. The van der Waals surface area contributed by atoms with Crippen LogP contribution in [0.5, 0.6) is 0 Å². The van der Waals surface area contributed by atoms with Crippen molar-refractivity contribution in [3.05, 3.63) is 0 Å². The van der Waals surface area contributed by atoms with Gasteiger partial charge in [0.15, 0.2) is 0 Å². The summed E-state index contributed by atoms with van der Waals surface area (Å²) >= 11 is 0. The van der Waals surface area contributed by atoms with Crippen molar-refractivity contribution >= 4 is 5.97 Å². The van der Waals surface area contributed by atoms with Crippen LogP contribution in [0.1, 0.15) is 6.42 Å². The number of aliphatic hydroxyl groups is 1. The Labute approximate surface area is 59.6 Å². The molecule has 0 saturated carbocycles. The van der Waals surface area contributed by atoms with Crippen molar-refractivity contribution in [2.75, 3.05) is 19.7 Å². The number of carboxylic acids is 1. The number of aliphatic carboxylic acids is 1. The van der Waals surface area contributed by atoms with Crippen LogP contribution in [0, 0.1) is 0 Å². The molecular weight excluding hydrogens is 136 g/mol. The Balaban J connectivity index is 0. The monoisotopic (exact) mass is 150 g/mol. The Kier molecular flexibility index (Phi) is 13.5. The number of rotatable bonds is 3. The smallest absolute Gasteiger partial charge is 0.304 e. The van der Waals surface area contributed by atoms with Gasteiger partial charge in [0, 0.05) is 13.1 Å². The van der Waals surface area contributed by atoms with E-state index in [0.717, 1.165) is 0 Å². The SMILES string of the molecule is NCCC(=O)O.NCCO. The van der Waals surface area contributed by atoms with Gasteiger partial charge in [0.2, 0.25) is 0 Å². The van der Waals surface area contributed by atoms with E-state index in [-0.39, 0.29) is 19.6 Å². The van der Waals surface area contributed by atoms with E-state index in [0.29, 0.717) is 6.54 Å². The minimum Gasteiger partial charge on any atom is -0.481 e. The lowest BCUT2D eigenvalue weighted by Crippen LogP contribution is -2.05. The standard InChI is InChI=1S/C3H7NO2.C2H7NO/c4-2-1-3(5)6;3-1-2-4/h1-2,4H2,(H,5,6);4H,1-3H2. The van der Waals surface area contributed by atoms with E-state index in [1.807, 2.05) is 0 Å². The van der Waals surface area contributed by atoms with Gasteiger partial charge in [-0.05, 0) is 0 Å². The summed E-state index contributed by atoms with van der Waals surface area (Å²) in [5.74, 6) is -0.836. The molecule has 5 nitrogen and oxygen atoms in total. The summed E-state index contributed by atoms with van der Waals surface area (Å²) in [5, 5.41) is 15.6. The summed E-state index contributed by atoms with van der Waals surface area (Å²) in [6.45, 7) is 0.704. The first-order valence-corrected chi connectivity index (χ1v) is 2.91. The van der Waals surface area contributed by atoms with Crippen LogP contribution in [0.15, 0.2) is 0 Å². The van der Waals surface area contributed by atoms with Crippen LogP contribution in [0.3, 0.4) is 0 Å². The normalized spacial score (nSPS) is 7.90. The number of nitrogens with two attached hydrogens (primary N) is 2. The number of hydrogen-bond acceptors (Lipinski definition) is 4. The maximum absolute atomic E-state index is 9.52. The Morgan fingerprint density at radius 2 is 1.70 bits per heavy atom. The average molecular weight is 150 g/mol. The third kappa shape index (κ3) is 26.4. The zero-order chi connectivity index (χ0) is 8.41. The van der Waals surface area contributed by atoms with Crippen molar-refractivity contribution in [1.29, 1.82) is 0 Å². The van der Waals surface area contributed by atoms with Crippen LogP contribution >= 0.6 is 0 Å². The van der Waals surface area contributed by atoms with Crippen LogP contribution < -0.4 is 11.5 Å². The highest BCUT2D eigenvalue weighted by atomic mass is 16.4. The van der Waals surface area contributed by atoms with Crippen molar-refractivity contribution in [3.63, 3.8) is 0 Å². The van der Waals surface area contributed by atoms with E-state index in [1.54, 1.807) is 0 Å². The van der Waals surface area contributed by atoms with Gasteiger partial charge < -0.3 is 21.7 Å². The fraction of sp³-hybridized carbons (Fsp3) is 0.800. The van der Waals surface area contributed by atoms with Gasteiger partial charge >= 0.3 is 5.97 Å². The minimum absolute atomic E-state index is 0.0694. The Morgan fingerprint density at radius 3 is 1.70 bits per heavy atom. The molecule has 6 N–H and O–H groups in total. The van der Waals surface area contributed by atoms with E-state index < -0.39 is 5.97 Å². The zero-order valence-corrected chi connectivity index (χ0v) is 5.79. The van der Waals surface area contributed by atoms with Gasteiger partial charge in [-0.1, -0.05) is 0 Å². The predicted molar refractivity (Wildman–Crippen MR) is 37.4 cm³/mol. The molecule has 10 heavy (non-hydrogen) atoms. The van der Waals surface area contributed by atoms with Crippen LogP contribution in [-0.4, -0.2) is 35.9 Å². The molecule has 0 aliphatic heterocycles. The second-order valence-corrected chi connectivity index (χ2v) is 1.44. The van der Waals surface area contributed by atoms with Gasteiger partial charge in [0.05, 0.1) is 13.0 Å². The molecule has 0 unspecified atom stereocenters. The number of carbonyl (C=O) groups is 1. The van der Waals surface area contributed by atoms with Gasteiger partial charge in [-0.15, -0.1) is 0 Å². The fourth-order valence-corrected chi connectivity index (χ4v) is 0.123. The van der Waals surface area contributed by atoms with E-state index >= 15 is 0 Å². The van der Waals surface area contributed by atoms with Crippen LogP contribution in [-0.2, 0) is 4.79 Å². The quantitative estimate of drug-likeness (QED) is 0.385. The van der Waals surface area contributed by atoms with Crippen molar-refractivity contribution < 1.29 is 15.0 Å². The number of hydrogen-bond donors (Lipinski definition) is 4. The molecule has 0 aromatic rings. The largest absolute Gasteiger partial charge is 0.481 e. The topological polar surface area (TPSA) is 110 Å². The maximum atomic E-state index is 9.52. The highest BCUT2D eigenvalue weighted by Gasteiger charge is 1.87. The number of aliphatic hydroxyl groups excluding tert-OH is 1. The number of carboxylic acid groups (broad SMARTS) is 1. The van der Waals surface area contributed by atoms with Gasteiger partial charge in [-0.2, -0.15) is 0 Å². The first-order valence-electron chi connectivity index (χ1n) is 2.91. The predicted octanol–water partition coefficient (Wildman–Crippen LogP) is -1.64. The zero-order valence-electron chi connectivity index (χ0n) is 5.79. The van der Waals surface area contributed by atoms with E-state index in [1.165, 1.54) is 0 Å². The first kappa shape index (κ1) is 12.1. The summed E-state index contributed by atoms with van der Waals surface area (Å²) in [5.41, 5.74) is 9.63. The van der Waals surface area contributed by atoms with Gasteiger partial charge in [0.1, 0.15) is 0 Å². The molecule has 0 aliphatic carbocycles. The fourth-order valence-electron chi connectivity index (χ4n) is 0.123. The molecule has 5 heteroatoms. The minimum atomic E-state index is -0.836. The molecular formula is C5H14N2O3. The third-order valence-electron chi connectivity index (χ3n) is 0.487. The summed E-state index contributed by atoms with van der Waals surface area (Å²) in [7, 11) is 0. The molecule has 0 spiro atoms. The van der Waals surface area contributed by atoms with E-state index in [2.05, 4.69) is 0 Å². The molecule has 0 rings (SSSR count). The highest BCUT2D eigenvalue weighted by Crippen LogP contribution is 1.67. The summed E-state index contributed by atoms with van der Waals surface area (Å²) in [6.07, 6.45) is 0.0694. The summed E-state index contributed by atoms with van der Waals surface area (Å²) in [4.78, 5) is 9.52. The van der Waals surface area contributed by atoms with Gasteiger partial charge in [-0.3, -0.25) is 4.79 Å². The lowest BCUT2D eigenvalue weighted by Gasteiger charge is -1.80. The highest BCUT2D eigenvalue weighted by molar-refractivity contribution is 5.66. The molecule has 0 fully saturated rings. The van der Waals surface area contributed by atoms with Crippen molar-refractivity contribution in [2.24, 2.45) is 11.5 Å². The second kappa shape index (κ2) is 11.2. The maximum Gasteiger partial charge on any atom is 0.304 e. The molecule has 0 saturated heterocycles. The molecule has 0 aromatic carbocycles. The average Bonchev–Trinajstić information content (AvgIpc) is 1.89. The molecule has 0 heterocycles. The van der Waals surface area contributed by atoms with Crippen molar-refractivity contribution in [2.45, 2.75) is 6.42 Å². The molecule has 0 radical (unpaired) electrons. The Bertz CT molecular complexity index is 75.3. The molecule has 62 valence electrons. The Morgan fingerprint density at radius 1 is 1.30 bits per heavy atom. The molecule has 0 aromatic heterocycles. The second-order valence-electron chi connectivity index (χ2n) is 1.44. The molecule has 0 bridgehead atoms. The van der Waals surface area contributed by atoms with Gasteiger partial charge in [0.25, 0.3) is 0 Å². The van der Waals surface area contributed by atoms with E-state index in [4.69, 9.17) is 21.7 Å². The summed E-state index contributed by atoms with van der Waals surface area (Å²) < 4.78 is 0.